The molecular formula is C21H18N2O5. The summed E-state index contributed by atoms with van der Waals surface area (Å²) >= 11 is 0. The van der Waals surface area contributed by atoms with Crippen molar-refractivity contribution in [2.45, 2.75) is 6.42 Å². The first-order valence-corrected chi connectivity index (χ1v) is 8.81. The van der Waals surface area contributed by atoms with Crippen LogP contribution in [0, 0.1) is 0 Å². The molecule has 1 aliphatic rings. The minimum Gasteiger partial charge on any atom is -0.486 e. The Bertz CT molecular complexity index is 981. The molecule has 28 heavy (non-hydrogen) atoms. The highest BCUT2D eigenvalue weighted by molar-refractivity contribution is 6.02. The van der Waals surface area contributed by atoms with Gasteiger partial charge in [-0.25, -0.2) is 0 Å². The molecule has 2 aromatic carbocycles. The Morgan fingerprint density at radius 2 is 1.57 bits per heavy atom. The van der Waals surface area contributed by atoms with Crippen molar-refractivity contribution in [3.8, 4) is 11.5 Å². The molecule has 7 nitrogen and oxygen atoms in total. The second-order valence-corrected chi connectivity index (χ2v) is 6.21. The molecule has 2 heterocycles. The van der Waals surface area contributed by atoms with Crippen LogP contribution >= 0.6 is 0 Å². The molecule has 2 amide bonds. The highest BCUT2D eigenvalue weighted by Gasteiger charge is 2.13. The summed E-state index contributed by atoms with van der Waals surface area (Å²) in [5, 5.41) is 5.56. The largest absolute Gasteiger partial charge is 0.486 e. The van der Waals surface area contributed by atoms with Crippen LogP contribution in [0.15, 0.2) is 65.3 Å². The highest BCUT2D eigenvalue weighted by atomic mass is 16.6. The third kappa shape index (κ3) is 4.15. The summed E-state index contributed by atoms with van der Waals surface area (Å²) in [6.07, 6.45) is 1.66. The summed E-state index contributed by atoms with van der Waals surface area (Å²) in [6, 6.07) is 15.6. The van der Waals surface area contributed by atoms with Crippen LogP contribution in [0.1, 0.15) is 16.1 Å². The van der Waals surface area contributed by atoms with Crippen molar-refractivity contribution in [2.75, 3.05) is 23.8 Å². The summed E-state index contributed by atoms with van der Waals surface area (Å²) in [5.74, 6) is 1.11. The fourth-order valence-electron chi connectivity index (χ4n) is 2.83. The van der Waals surface area contributed by atoms with E-state index in [0.29, 0.717) is 36.1 Å². The van der Waals surface area contributed by atoms with Gasteiger partial charge in [-0.05, 0) is 54.1 Å². The van der Waals surface area contributed by atoms with E-state index in [9.17, 15) is 9.59 Å². The van der Waals surface area contributed by atoms with E-state index in [-0.39, 0.29) is 24.0 Å². The molecular weight excluding hydrogens is 360 g/mol. The number of carbonyl (C=O) groups excluding carboxylic acids is 2. The molecule has 1 aliphatic heterocycles. The van der Waals surface area contributed by atoms with Gasteiger partial charge in [0.2, 0.25) is 5.91 Å². The highest BCUT2D eigenvalue weighted by Crippen LogP contribution is 2.31. The zero-order valence-electron chi connectivity index (χ0n) is 14.9. The lowest BCUT2D eigenvalue weighted by Crippen LogP contribution is -2.17. The number of nitrogens with one attached hydrogen (secondary N) is 2. The number of hydrogen-bond acceptors (Lipinski definition) is 5. The molecule has 1 aromatic heterocycles. The first kappa shape index (κ1) is 17.7. The van der Waals surface area contributed by atoms with Crippen molar-refractivity contribution in [1.29, 1.82) is 0 Å². The fraction of sp³-hybridized carbons (Fsp3) is 0.143. The average molecular weight is 378 g/mol. The van der Waals surface area contributed by atoms with Crippen LogP contribution in [-0.4, -0.2) is 25.0 Å². The van der Waals surface area contributed by atoms with Crippen LogP contribution in [0.25, 0.3) is 0 Å². The minimum absolute atomic E-state index is 0.149. The van der Waals surface area contributed by atoms with Gasteiger partial charge in [0.05, 0.1) is 12.7 Å². The van der Waals surface area contributed by atoms with Crippen molar-refractivity contribution < 1.29 is 23.5 Å². The van der Waals surface area contributed by atoms with Crippen LogP contribution in [0.3, 0.4) is 0 Å². The molecule has 3 aromatic rings. The SMILES string of the molecule is O=C(Cc1ccc2c(c1)OCCO2)Nc1ccc(NC(=O)c2ccco2)cc1. The molecule has 4 rings (SSSR count). The van der Waals surface area contributed by atoms with E-state index in [2.05, 4.69) is 10.6 Å². The first-order valence-electron chi connectivity index (χ1n) is 8.81. The van der Waals surface area contributed by atoms with E-state index in [1.165, 1.54) is 6.26 Å². The molecule has 0 atom stereocenters. The Morgan fingerprint density at radius 3 is 2.29 bits per heavy atom. The van der Waals surface area contributed by atoms with E-state index in [1.807, 2.05) is 18.2 Å². The first-order chi connectivity index (χ1) is 13.7. The number of fused-ring (bicyclic) bond motifs is 1. The Balaban J connectivity index is 1.34. The van der Waals surface area contributed by atoms with E-state index in [4.69, 9.17) is 13.9 Å². The van der Waals surface area contributed by atoms with Gasteiger partial charge in [0, 0.05) is 11.4 Å². The molecule has 0 aliphatic carbocycles. The second-order valence-electron chi connectivity index (χ2n) is 6.21. The van der Waals surface area contributed by atoms with Crippen molar-refractivity contribution in [3.05, 3.63) is 72.2 Å². The summed E-state index contributed by atoms with van der Waals surface area (Å²) in [5.41, 5.74) is 2.08. The number of rotatable bonds is 5. The van der Waals surface area contributed by atoms with Gasteiger partial charge >= 0.3 is 0 Å². The fourth-order valence-corrected chi connectivity index (χ4v) is 2.83. The van der Waals surface area contributed by atoms with E-state index < -0.39 is 0 Å². The quantitative estimate of drug-likeness (QED) is 0.709. The Morgan fingerprint density at radius 1 is 0.857 bits per heavy atom. The van der Waals surface area contributed by atoms with Crippen LogP contribution in [0.5, 0.6) is 11.5 Å². The predicted octanol–water partition coefficient (Wildman–Crippen LogP) is 3.48. The molecule has 142 valence electrons. The van der Waals surface area contributed by atoms with Crippen LogP contribution in [0.2, 0.25) is 0 Å². The number of carbonyl (C=O) groups is 2. The summed E-state index contributed by atoms with van der Waals surface area (Å²) in [6.45, 7) is 1.04. The number of anilines is 2. The van der Waals surface area contributed by atoms with Gasteiger partial charge in [-0.1, -0.05) is 6.07 Å². The molecule has 0 saturated carbocycles. The topological polar surface area (TPSA) is 89.8 Å². The van der Waals surface area contributed by atoms with E-state index >= 15 is 0 Å². The van der Waals surface area contributed by atoms with Crippen LogP contribution in [-0.2, 0) is 11.2 Å². The lowest BCUT2D eigenvalue weighted by atomic mass is 10.1. The standard InChI is InChI=1S/C21H18N2O5/c24-20(13-14-3-8-17-19(12-14)28-11-10-27-17)22-15-4-6-16(7-5-15)23-21(25)18-2-1-9-26-18/h1-9,12H,10-11,13H2,(H,22,24)(H,23,25). The molecule has 0 radical (unpaired) electrons. The van der Waals surface area contributed by atoms with Gasteiger partial charge in [-0.15, -0.1) is 0 Å². The van der Waals surface area contributed by atoms with Crippen molar-refractivity contribution in [2.24, 2.45) is 0 Å². The van der Waals surface area contributed by atoms with Gasteiger partial charge < -0.3 is 24.5 Å². The minimum atomic E-state index is -0.333. The summed E-state index contributed by atoms with van der Waals surface area (Å²) < 4.78 is 16.1. The van der Waals surface area contributed by atoms with E-state index in [0.717, 1.165) is 5.56 Å². The maximum absolute atomic E-state index is 12.3. The molecule has 0 unspecified atom stereocenters. The van der Waals surface area contributed by atoms with Crippen LogP contribution < -0.4 is 20.1 Å². The number of furan rings is 1. The zero-order valence-corrected chi connectivity index (χ0v) is 14.9. The summed E-state index contributed by atoms with van der Waals surface area (Å²) in [7, 11) is 0. The van der Waals surface area contributed by atoms with Gasteiger partial charge in [0.25, 0.3) is 5.91 Å². The number of ether oxygens (including phenoxy) is 2. The van der Waals surface area contributed by atoms with Gasteiger partial charge in [0.15, 0.2) is 17.3 Å². The number of benzene rings is 2. The number of amides is 2. The molecule has 2 N–H and O–H groups in total. The number of hydrogen-bond donors (Lipinski definition) is 2. The normalized spacial score (nSPS) is 12.3. The van der Waals surface area contributed by atoms with Crippen molar-refractivity contribution in [3.63, 3.8) is 0 Å². The lowest BCUT2D eigenvalue weighted by molar-refractivity contribution is -0.115. The molecule has 7 heteroatoms. The van der Waals surface area contributed by atoms with Crippen LogP contribution in [0.4, 0.5) is 11.4 Å². The van der Waals surface area contributed by atoms with Gasteiger partial charge in [-0.2, -0.15) is 0 Å². The maximum Gasteiger partial charge on any atom is 0.291 e. The second kappa shape index (κ2) is 7.87. The summed E-state index contributed by atoms with van der Waals surface area (Å²) in [4.78, 5) is 24.3. The molecule has 0 fully saturated rings. The third-order valence-corrected chi connectivity index (χ3v) is 4.14. The zero-order chi connectivity index (χ0) is 19.3. The van der Waals surface area contributed by atoms with E-state index in [1.54, 1.807) is 36.4 Å². The van der Waals surface area contributed by atoms with Gasteiger partial charge in [-0.3, -0.25) is 9.59 Å². The third-order valence-electron chi connectivity index (χ3n) is 4.14. The lowest BCUT2D eigenvalue weighted by Gasteiger charge is -2.18. The Hall–Kier alpha value is -3.74. The maximum atomic E-state index is 12.3. The monoisotopic (exact) mass is 378 g/mol. The van der Waals surface area contributed by atoms with Gasteiger partial charge in [0.1, 0.15) is 13.2 Å². The van der Waals surface area contributed by atoms with Crippen molar-refractivity contribution in [1.82, 2.24) is 0 Å². The Labute approximate surface area is 161 Å². The molecule has 0 bridgehead atoms. The smallest absolute Gasteiger partial charge is 0.291 e. The molecule has 0 saturated heterocycles. The molecule has 0 spiro atoms. The Kier molecular flexibility index (Phi) is 4.97. The van der Waals surface area contributed by atoms with Crippen molar-refractivity contribution >= 4 is 23.2 Å². The predicted molar refractivity (Wildman–Crippen MR) is 103 cm³/mol. The average Bonchev–Trinajstić information content (AvgIpc) is 3.24.